The Balaban J connectivity index is 1.42. The van der Waals surface area contributed by atoms with Crippen LogP contribution < -0.4 is 5.32 Å². The highest BCUT2D eigenvalue weighted by atomic mass is 32.2. The third-order valence-corrected chi connectivity index (χ3v) is 8.22. The van der Waals surface area contributed by atoms with Crippen molar-refractivity contribution in [1.29, 1.82) is 0 Å². The Morgan fingerprint density at radius 2 is 1.72 bits per heavy atom. The van der Waals surface area contributed by atoms with Gasteiger partial charge < -0.3 is 5.32 Å². The van der Waals surface area contributed by atoms with Crippen LogP contribution in [0, 0.1) is 5.92 Å². The van der Waals surface area contributed by atoms with Crippen molar-refractivity contribution in [2.45, 2.75) is 63.3 Å². The summed E-state index contributed by atoms with van der Waals surface area (Å²) < 4.78 is 26.7. The highest BCUT2D eigenvalue weighted by molar-refractivity contribution is 7.89. The first-order valence-corrected chi connectivity index (χ1v) is 12.4. The monoisotopic (exact) mass is 421 g/mol. The molecule has 0 bridgehead atoms. The van der Waals surface area contributed by atoms with Gasteiger partial charge >= 0.3 is 0 Å². The van der Waals surface area contributed by atoms with E-state index in [1.54, 1.807) is 16.4 Å². The first kappa shape index (κ1) is 22.2. The van der Waals surface area contributed by atoms with Crippen LogP contribution >= 0.6 is 0 Å². The molecule has 0 aliphatic carbocycles. The Morgan fingerprint density at radius 3 is 2.34 bits per heavy atom. The van der Waals surface area contributed by atoms with Crippen LogP contribution in [0.4, 0.5) is 0 Å². The number of nitrogens with one attached hydrogen (secondary N) is 1. The minimum Gasteiger partial charge on any atom is -0.355 e. The topological polar surface area (TPSA) is 69.7 Å². The molecule has 0 aromatic heterocycles. The molecule has 1 aromatic carbocycles. The zero-order chi connectivity index (χ0) is 20.9. The van der Waals surface area contributed by atoms with Gasteiger partial charge in [-0.2, -0.15) is 4.31 Å². The number of amides is 1. The molecule has 2 heterocycles. The maximum atomic E-state index is 12.6. The molecule has 6 nitrogen and oxygen atoms in total. The highest BCUT2D eigenvalue weighted by Gasteiger charge is 2.27. The zero-order valence-corrected chi connectivity index (χ0v) is 18.6. The lowest BCUT2D eigenvalue weighted by Gasteiger charge is -2.35. The second-order valence-electron chi connectivity index (χ2n) is 8.63. The van der Waals surface area contributed by atoms with Gasteiger partial charge in [0.1, 0.15) is 0 Å². The molecule has 2 aliphatic heterocycles. The van der Waals surface area contributed by atoms with Crippen molar-refractivity contribution in [1.82, 2.24) is 14.5 Å². The second kappa shape index (κ2) is 10.0. The van der Waals surface area contributed by atoms with E-state index < -0.39 is 10.0 Å². The molecule has 0 spiro atoms. The van der Waals surface area contributed by atoms with Gasteiger partial charge in [-0.3, -0.25) is 9.69 Å². The van der Waals surface area contributed by atoms with Crippen molar-refractivity contribution >= 4 is 15.9 Å². The third-order valence-electron chi connectivity index (χ3n) is 6.30. The lowest BCUT2D eigenvalue weighted by Crippen LogP contribution is -2.45. The number of benzene rings is 1. The van der Waals surface area contributed by atoms with Gasteiger partial charge in [-0.05, 0) is 75.7 Å². The molecule has 0 saturated carbocycles. The van der Waals surface area contributed by atoms with Gasteiger partial charge in [0, 0.05) is 32.1 Å². The quantitative estimate of drug-likeness (QED) is 0.701. The van der Waals surface area contributed by atoms with Gasteiger partial charge in [-0.25, -0.2) is 8.42 Å². The average Bonchev–Trinajstić information content (AvgIpc) is 3.27. The van der Waals surface area contributed by atoms with Crippen LogP contribution in [0.5, 0.6) is 0 Å². The van der Waals surface area contributed by atoms with E-state index >= 15 is 0 Å². The smallest absolute Gasteiger partial charge is 0.243 e. The Bertz CT molecular complexity index is 765. The van der Waals surface area contributed by atoms with Gasteiger partial charge in [0.25, 0.3) is 0 Å². The summed E-state index contributed by atoms with van der Waals surface area (Å²) in [4.78, 5) is 15.0. The van der Waals surface area contributed by atoms with Crippen molar-refractivity contribution in [3.63, 3.8) is 0 Å². The number of hydrogen-bond donors (Lipinski definition) is 1. The minimum absolute atomic E-state index is 0.0518. The van der Waals surface area contributed by atoms with Crippen molar-refractivity contribution in [3.05, 3.63) is 29.8 Å². The fourth-order valence-electron chi connectivity index (χ4n) is 4.11. The Labute approximate surface area is 175 Å². The average molecular weight is 422 g/mol. The predicted octanol–water partition coefficient (Wildman–Crippen LogP) is 2.64. The van der Waals surface area contributed by atoms with E-state index in [0.717, 1.165) is 37.4 Å². The maximum absolute atomic E-state index is 12.6. The van der Waals surface area contributed by atoms with E-state index in [-0.39, 0.29) is 5.91 Å². The SMILES string of the molecule is CC1CCN(C(C)CNC(=O)CCc2ccc(S(=O)(=O)N3CCCC3)cc2)CC1. The third kappa shape index (κ3) is 6.03. The zero-order valence-electron chi connectivity index (χ0n) is 17.8. The minimum atomic E-state index is -3.37. The molecule has 29 heavy (non-hydrogen) atoms. The van der Waals surface area contributed by atoms with E-state index in [1.165, 1.54) is 12.8 Å². The number of piperidine rings is 1. The van der Waals surface area contributed by atoms with Crippen LogP contribution in [0.1, 0.15) is 51.5 Å². The Hall–Kier alpha value is -1.44. The number of sulfonamides is 1. The summed E-state index contributed by atoms with van der Waals surface area (Å²) in [7, 11) is -3.37. The molecular weight excluding hydrogens is 386 g/mol. The Kier molecular flexibility index (Phi) is 7.71. The van der Waals surface area contributed by atoms with Crippen LogP contribution in [0.3, 0.4) is 0 Å². The van der Waals surface area contributed by atoms with Gasteiger partial charge in [0.05, 0.1) is 4.90 Å². The molecule has 1 N–H and O–H groups in total. The van der Waals surface area contributed by atoms with Gasteiger partial charge in [0.15, 0.2) is 0 Å². The lowest BCUT2D eigenvalue weighted by molar-refractivity contribution is -0.121. The number of likely N-dealkylation sites (tertiary alicyclic amines) is 1. The van der Waals surface area contributed by atoms with Crippen LogP contribution in [0.25, 0.3) is 0 Å². The normalized spacial score (nSPS) is 20.6. The molecule has 162 valence electrons. The summed E-state index contributed by atoms with van der Waals surface area (Å²) in [6, 6.07) is 7.35. The molecule has 1 aromatic rings. The van der Waals surface area contributed by atoms with Crippen molar-refractivity contribution in [2.24, 2.45) is 5.92 Å². The number of nitrogens with zero attached hydrogens (tertiary/aromatic N) is 2. The lowest BCUT2D eigenvalue weighted by atomic mass is 9.98. The van der Waals surface area contributed by atoms with E-state index in [4.69, 9.17) is 0 Å². The van der Waals surface area contributed by atoms with Crippen LogP contribution in [-0.4, -0.2) is 62.3 Å². The van der Waals surface area contributed by atoms with Crippen LogP contribution in [-0.2, 0) is 21.2 Å². The molecule has 1 amide bonds. The van der Waals surface area contributed by atoms with E-state index in [9.17, 15) is 13.2 Å². The first-order chi connectivity index (χ1) is 13.9. The summed E-state index contributed by atoms with van der Waals surface area (Å²) in [5.41, 5.74) is 0.985. The molecule has 3 rings (SSSR count). The van der Waals surface area contributed by atoms with Gasteiger partial charge in [0.2, 0.25) is 15.9 Å². The predicted molar refractivity (Wildman–Crippen MR) is 115 cm³/mol. The molecule has 2 aliphatic rings. The molecule has 2 saturated heterocycles. The van der Waals surface area contributed by atoms with Crippen molar-refractivity contribution in [3.8, 4) is 0 Å². The number of carbonyl (C=O) groups is 1. The fourth-order valence-corrected chi connectivity index (χ4v) is 5.63. The first-order valence-electron chi connectivity index (χ1n) is 11.0. The summed E-state index contributed by atoms with van der Waals surface area (Å²) in [6.07, 6.45) is 5.38. The van der Waals surface area contributed by atoms with Crippen molar-refractivity contribution < 1.29 is 13.2 Å². The van der Waals surface area contributed by atoms with E-state index in [2.05, 4.69) is 24.1 Å². The molecule has 2 fully saturated rings. The van der Waals surface area contributed by atoms with E-state index in [1.807, 2.05) is 12.1 Å². The number of hydrogen-bond acceptors (Lipinski definition) is 4. The molecular formula is C22H35N3O3S. The second-order valence-corrected chi connectivity index (χ2v) is 10.6. The summed E-state index contributed by atoms with van der Waals surface area (Å²) >= 11 is 0. The van der Waals surface area contributed by atoms with Gasteiger partial charge in [-0.15, -0.1) is 0 Å². The maximum Gasteiger partial charge on any atom is 0.243 e. The number of rotatable bonds is 8. The molecule has 1 atom stereocenters. The van der Waals surface area contributed by atoms with Gasteiger partial charge in [-0.1, -0.05) is 19.1 Å². The van der Waals surface area contributed by atoms with Crippen LogP contribution in [0.2, 0.25) is 0 Å². The Morgan fingerprint density at radius 1 is 1.10 bits per heavy atom. The summed E-state index contributed by atoms with van der Waals surface area (Å²) in [6.45, 7) is 8.61. The molecule has 7 heteroatoms. The summed E-state index contributed by atoms with van der Waals surface area (Å²) in [5.74, 6) is 0.862. The number of carbonyl (C=O) groups excluding carboxylic acids is 1. The molecule has 0 radical (unpaired) electrons. The standard InChI is InChI=1S/C22H35N3O3S/c1-18-11-15-24(16-12-18)19(2)17-23-22(26)10-7-20-5-8-21(9-6-20)29(27,28)25-13-3-4-14-25/h5-6,8-9,18-19H,3-4,7,10-17H2,1-2H3,(H,23,26). The summed E-state index contributed by atoms with van der Waals surface area (Å²) in [5, 5.41) is 3.05. The number of aryl methyl sites for hydroxylation is 1. The van der Waals surface area contributed by atoms with Crippen molar-refractivity contribution in [2.75, 3.05) is 32.7 Å². The fraction of sp³-hybridized carbons (Fsp3) is 0.682. The van der Waals surface area contributed by atoms with E-state index in [0.29, 0.717) is 43.4 Å². The van der Waals surface area contributed by atoms with Crippen LogP contribution in [0.15, 0.2) is 29.2 Å². The highest BCUT2D eigenvalue weighted by Crippen LogP contribution is 2.21. The largest absolute Gasteiger partial charge is 0.355 e. The molecule has 1 unspecified atom stereocenters.